The summed E-state index contributed by atoms with van der Waals surface area (Å²) >= 11 is 0. The molecule has 36 heavy (non-hydrogen) atoms. The molecule has 2 N–H and O–H groups in total. The summed E-state index contributed by atoms with van der Waals surface area (Å²) < 4.78 is 0. The van der Waals surface area contributed by atoms with E-state index in [4.69, 9.17) is 0 Å². The summed E-state index contributed by atoms with van der Waals surface area (Å²) in [5.41, 5.74) is 2.83. The second kappa shape index (κ2) is 10.2. The summed E-state index contributed by atoms with van der Waals surface area (Å²) in [6, 6.07) is 15.8. The quantitative estimate of drug-likeness (QED) is 0.650. The van der Waals surface area contributed by atoms with Gasteiger partial charge in [-0.25, -0.2) is 5.01 Å². The number of nitrogens with one attached hydrogen (secondary N) is 2. The summed E-state index contributed by atoms with van der Waals surface area (Å²) in [4.78, 5) is 40.0. The van der Waals surface area contributed by atoms with Crippen LogP contribution in [0.25, 0.3) is 0 Å². The Labute approximate surface area is 210 Å². The van der Waals surface area contributed by atoms with E-state index in [9.17, 15) is 19.6 Å². The third-order valence-electron chi connectivity index (χ3n) is 6.46. The van der Waals surface area contributed by atoms with Gasteiger partial charge in [0.15, 0.2) is 0 Å². The van der Waals surface area contributed by atoms with Crippen molar-refractivity contribution in [1.29, 1.82) is 5.26 Å². The zero-order valence-electron chi connectivity index (χ0n) is 20.9. The van der Waals surface area contributed by atoms with E-state index in [1.54, 1.807) is 55.1 Å². The van der Waals surface area contributed by atoms with Crippen molar-refractivity contribution in [2.75, 3.05) is 25.6 Å². The lowest BCUT2D eigenvalue weighted by molar-refractivity contribution is -0.139. The van der Waals surface area contributed by atoms with E-state index in [0.29, 0.717) is 29.1 Å². The van der Waals surface area contributed by atoms with Crippen LogP contribution >= 0.6 is 0 Å². The molecule has 0 aliphatic carbocycles. The van der Waals surface area contributed by atoms with Gasteiger partial charge < -0.3 is 15.5 Å². The molecular weight excluding hydrogens is 456 g/mol. The van der Waals surface area contributed by atoms with E-state index in [-0.39, 0.29) is 42.4 Å². The number of fused-ring (bicyclic) bond motifs is 1. The van der Waals surface area contributed by atoms with Gasteiger partial charge in [0.1, 0.15) is 5.70 Å². The van der Waals surface area contributed by atoms with Gasteiger partial charge in [-0.1, -0.05) is 38.1 Å². The number of carbonyl (C=O) groups is 3. The van der Waals surface area contributed by atoms with E-state index in [2.05, 4.69) is 16.7 Å². The molecule has 2 aliphatic heterocycles. The molecule has 0 saturated carbocycles. The Morgan fingerprint density at radius 3 is 2.56 bits per heavy atom. The molecule has 2 atom stereocenters. The van der Waals surface area contributed by atoms with Crippen LogP contribution in [-0.2, 0) is 9.59 Å². The van der Waals surface area contributed by atoms with Gasteiger partial charge in [0.25, 0.3) is 11.8 Å². The molecule has 0 spiro atoms. The number of nitriles is 1. The van der Waals surface area contributed by atoms with Crippen molar-refractivity contribution >= 4 is 23.4 Å². The number of amides is 3. The van der Waals surface area contributed by atoms with Crippen molar-refractivity contribution in [3.05, 3.63) is 77.0 Å². The number of rotatable bonds is 6. The molecule has 1 saturated heterocycles. The fourth-order valence-electron chi connectivity index (χ4n) is 4.55. The van der Waals surface area contributed by atoms with Gasteiger partial charge in [-0.3, -0.25) is 19.4 Å². The normalized spacial score (nSPS) is 19.6. The van der Waals surface area contributed by atoms with Crippen LogP contribution in [-0.4, -0.2) is 58.9 Å². The number of piperazine rings is 1. The Bertz CT molecular complexity index is 1250. The highest BCUT2D eigenvalue weighted by molar-refractivity contribution is 5.97. The van der Waals surface area contributed by atoms with Gasteiger partial charge >= 0.3 is 0 Å². The molecule has 1 fully saturated rings. The number of nitrogens with zero attached hydrogens (tertiary/aromatic N) is 4. The van der Waals surface area contributed by atoms with Gasteiger partial charge in [0.05, 0.1) is 30.4 Å². The molecule has 2 aromatic rings. The number of hydrogen-bond acceptors (Lipinski definition) is 6. The van der Waals surface area contributed by atoms with Crippen molar-refractivity contribution in [3.63, 3.8) is 0 Å². The molecule has 2 heterocycles. The van der Waals surface area contributed by atoms with Crippen LogP contribution in [0.15, 0.2) is 60.3 Å². The second-order valence-corrected chi connectivity index (χ2v) is 9.38. The Kier molecular flexibility index (Phi) is 7.08. The predicted octanol–water partition coefficient (Wildman–Crippen LogP) is 2.86. The molecule has 9 nitrogen and oxygen atoms in total. The number of hydrogen-bond donors (Lipinski definition) is 2. The van der Waals surface area contributed by atoms with Crippen molar-refractivity contribution in [2.24, 2.45) is 5.92 Å². The van der Waals surface area contributed by atoms with Gasteiger partial charge in [-0.15, -0.1) is 0 Å². The number of hydrazine groups is 1. The van der Waals surface area contributed by atoms with Crippen molar-refractivity contribution in [1.82, 2.24) is 20.2 Å². The number of anilines is 1. The molecule has 2 aromatic carbocycles. The summed E-state index contributed by atoms with van der Waals surface area (Å²) in [7, 11) is 1.90. The highest BCUT2D eigenvalue weighted by Gasteiger charge is 2.43. The zero-order chi connectivity index (χ0) is 26.0. The molecule has 186 valence electrons. The van der Waals surface area contributed by atoms with Crippen LogP contribution < -0.4 is 10.6 Å². The monoisotopic (exact) mass is 486 g/mol. The smallest absolute Gasteiger partial charge is 0.272 e. The lowest BCUT2D eigenvalue weighted by Gasteiger charge is -2.43. The number of likely N-dealkylation sites (N-methyl/N-ethyl adjacent to an activating group) is 1. The van der Waals surface area contributed by atoms with Crippen molar-refractivity contribution in [3.8, 4) is 6.07 Å². The van der Waals surface area contributed by atoms with Gasteiger partial charge in [0, 0.05) is 30.8 Å². The minimum atomic E-state index is -0.319. The van der Waals surface area contributed by atoms with Crippen molar-refractivity contribution in [2.45, 2.75) is 32.9 Å². The molecule has 3 amide bonds. The lowest BCUT2D eigenvalue weighted by Crippen LogP contribution is -2.57. The SMILES string of the molecule is CC(C)C(=O)Nc1cc(C#N)ccc1C1C=C2C(=O)N(CNC(=O)c3ccccc3)CC(C)N2N1C. The lowest BCUT2D eigenvalue weighted by atomic mass is 10.0. The van der Waals surface area contributed by atoms with E-state index in [1.165, 1.54) is 0 Å². The minimum Gasteiger partial charge on any atom is -0.334 e. The highest BCUT2D eigenvalue weighted by atomic mass is 16.2. The maximum atomic E-state index is 13.4. The zero-order valence-corrected chi connectivity index (χ0v) is 20.9. The topological polar surface area (TPSA) is 109 Å². The third-order valence-corrected chi connectivity index (χ3v) is 6.46. The van der Waals surface area contributed by atoms with E-state index in [1.807, 2.05) is 42.2 Å². The van der Waals surface area contributed by atoms with Gasteiger partial charge in [-0.2, -0.15) is 5.26 Å². The van der Waals surface area contributed by atoms with Crippen LogP contribution in [0, 0.1) is 17.2 Å². The first-order chi connectivity index (χ1) is 17.2. The van der Waals surface area contributed by atoms with Crippen LogP contribution in [0.5, 0.6) is 0 Å². The fourth-order valence-corrected chi connectivity index (χ4v) is 4.55. The predicted molar refractivity (Wildman–Crippen MR) is 135 cm³/mol. The molecule has 4 rings (SSSR count). The molecule has 9 heteroatoms. The Hall–Kier alpha value is -4.16. The van der Waals surface area contributed by atoms with Crippen LogP contribution in [0.1, 0.15) is 48.3 Å². The first-order valence-electron chi connectivity index (χ1n) is 11.9. The Balaban J connectivity index is 1.58. The van der Waals surface area contributed by atoms with Crippen LogP contribution in [0.4, 0.5) is 5.69 Å². The van der Waals surface area contributed by atoms with Crippen LogP contribution in [0.3, 0.4) is 0 Å². The molecule has 0 aromatic heterocycles. The van der Waals surface area contributed by atoms with E-state index in [0.717, 1.165) is 5.56 Å². The average molecular weight is 487 g/mol. The summed E-state index contributed by atoms with van der Waals surface area (Å²) in [5, 5.41) is 19.1. The minimum absolute atomic E-state index is 0.0373. The Morgan fingerprint density at radius 1 is 1.17 bits per heavy atom. The van der Waals surface area contributed by atoms with Crippen LogP contribution in [0.2, 0.25) is 0 Å². The molecule has 0 bridgehead atoms. The summed E-state index contributed by atoms with van der Waals surface area (Å²) in [6.07, 6.45) is 1.87. The van der Waals surface area contributed by atoms with Crippen molar-refractivity contribution < 1.29 is 14.4 Å². The highest BCUT2D eigenvalue weighted by Crippen LogP contribution is 2.39. The summed E-state index contributed by atoms with van der Waals surface area (Å²) in [5.74, 6) is -0.799. The standard InChI is InChI=1S/C27H30N6O3/c1-17(2)25(34)30-22-12-19(14-28)10-11-21(22)23-13-24-27(36)32(15-18(3)33(24)31(23)4)16-29-26(35)20-8-6-5-7-9-20/h5-13,17-18,23H,15-16H2,1-4H3,(H,29,35)(H,30,34). The summed E-state index contributed by atoms with van der Waals surface area (Å²) in [6.45, 7) is 6.16. The second-order valence-electron chi connectivity index (χ2n) is 9.38. The maximum Gasteiger partial charge on any atom is 0.272 e. The van der Waals surface area contributed by atoms with Gasteiger partial charge in [0.2, 0.25) is 5.91 Å². The molecule has 2 aliphatic rings. The number of carbonyl (C=O) groups excluding carboxylic acids is 3. The first-order valence-corrected chi connectivity index (χ1v) is 11.9. The first kappa shape index (κ1) is 24.9. The molecule has 0 radical (unpaired) electrons. The molecule has 2 unspecified atom stereocenters. The van der Waals surface area contributed by atoms with E-state index >= 15 is 0 Å². The van der Waals surface area contributed by atoms with E-state index < -0.39 is 0 Å². The number of benzene rings is 2. The maximum absolute atomic E-state index is 13.4. The fraction of sp³-hybridized carbons (Fsp3) is 0.333. The molecular formula is C27H30N6O3. The van der Waals surface area contributed by atoms with Gasteiger partial charge in [-0.05, 0) is 42.8 Å². The third kappa shape index (κ3) is 4.81. The largest absolute Gasteiger partial charge is 0.334 e. The Morgan fingerprint density at radius 2 is 1.89 bits per heavy atom. The average Bonchev–Trinajstić information content (AvgIpc) is 3.23.